The van der Waals surface area contributed by atoms with E-state index in [1.54, 1.807) is 24.3 Å². The third kappa shape index (κ3) is 2.28. The zero-order chi connectivity index (χ0) is 11.4. The Kier molecular flexibility index (Phi) is 3.00. The molecule has 0 aliphatic heterocycles. The fourth-order valence-corrected chi connectivity index (χ4v) is 1.34. The van der Waals surface area contributed by atoms with Crippen molar-refractivity contribution >= 4 is 6.29 Å². The molecule has 0 radical (unpaired) electrons. The molecule has 1 aromatic carbocycles. The Morgan fingerprint density at radius 2 is 2.25 bits per heavy atom. The molecule has 4 nitrogen and oxygen atoms in total. The zero-order valence-electron chi connectivity index (χ0n) is 8.84. The minimum atomic E-state index is 0.270. The smallest absolute Gasteiger partial charge is 0.174 e. The van der Waals surface area contributed by atoms with Crippen molar-refractivity contribution in [1.82, 2.24) is 5.16 Å². The monoisotopic (exact) mass is 217 g/mol. The lowest BCUT2D eigenvalue weighted by molar-refractivity contribution is 0.111. The lowest BCUT2D eigenvalue weighted by Crippen LogP contribution is -1.96. The van der Waals surface area contributed by atoms with Crippen molar-refractivity contribution in [1.29, 1.82) is 0 Å². The van der Waals surface area contributed by atoms with E-state index in [4.69, 9.17) is 9.26 Å². The molecule has 0 spiro atoms. The van der Waals surface area contributed by atoms with E-state index in [0.717, 1.165) is 12.0 Å². The van der Waals surface area contributed by atoms with E-state index in [9.17, 15) is 4.79 Å². The summed E-state index contributed by atoms with van der Waals surface area (Å²) < 4.78 is 10.5. The van der Waals surface area contributed by atoms with Crippen LogP contribution in [0.15, 0.2) is 34.9 Å². The van der Waals surface area contributed by atoms with Crippen LogP contribution in [0.1, 0.15) is 21.8 Å². The average molecular weight is 217 g/mol. The Hall–Kier alpha value is -2.10. The van der Waals surface area contributed by atoms with E-state index in [0.29, 0.717) is 17.1 Å². The third-order valence-electron chi connectivity index (χ3n) is 2.09. The quantitative estimate of drug-likeness (QED) is 0.738. The fraction of sp³-hybridized carbons (Fsp3) is 0.167. The van der Waals surface area contributed by atoms with Crippen LogP contribution >= 0.6 is 0 Å². The molecule has 2 aromatic rings. The number of ether oxygens (including phenoxy) is 1. The number of hydrogen-bond acceptors (Lipinski definition) is 4. The summed E-state index contributed by atoms with van der Waals surface area (Å²) in [5.74, 6) is 1.18. The topological polar surface area (TPSA) is 52.3 Å². The number of benzene rings is 1. The number of aryl methyl sites for hydroxylation is 1. The maximum atomic E-state index is 10.7. The van der Waals surface area contributed by atoms with Gasteiger partial charge in [-0.2, -0.15) is 0 Å². The molecule has 0 bridgehead atoms. The van der Waals surface area contributed by atoms with Gasteiger partial charge in [-0.05, 0) is 19.1 Å². The predicted molar refractivity (Wildman–Crippen MR) is 57.4 cm³/mol. The van der Waals surface area contributed by atoms with Crippen LogP contribution in [-0.2, 0) is 6.61 Å². The Bertz CT molecular complexity index is 491. The number of hydrogen-bond donors (Lipinski definition) is 0. The SMILES string of the molecule is Cc1cc(COc2ccccc2C=O)on1. The first-order chi connectivity index (χ1) is 7.79. The van der Waals surface area contributed by atoms with E-state index in [2.05, 4.69) is 5.16 Å². The van der Waals surface area contributed by atoms with Crippen LogP contribution in [0.4, 0.5) is 0 Å². The first kappa shape index (κ1) is 10.4. The Labute approximate surface area is 92.8 Å². The maximum absolute atomic E-state index is 10.7. The zero-order valence-corrected chi connectivity index (χ0v) is 8.84. The van der Waals surface area contributed by atoms with E-state index in [1.807, 2.05) is 13.0 Å². The first-order valence-electron chi connectivity index (χ1n) is 4.89. The van der Waals surface area contributed by atoms with Gasteiger partial charge in [-0.25, -0.2) is 0 Å². The highest BCUT2D eigenvalue weighted by Gasteiger charge is 2.04. The number of carbonyl (C=O) groups is 1. The summed E-state index contributed by atoms with van der Waals surface area (Å²) >= 11 is 0. The van der Waals surface area contributed by atoms with Crippen molar-refractivity contribution in [3.05, 3.63) is 47.3 Å². The van der Waals surface area contributed by atoms with Crippen LogP contribution in [-0.4, -0.2) is 11.4 Å². The standard InChI is InChI=1S/C12H11NO3/c1-9-6-11(16-13-9)8-15-12-5-3-2-4-10(12)7-14/h2-7H,8H2,1H3. The van der Waals surface area contributed by atoms with Crippen molar-refractivity contribution in [3.8, 4) is 5.75 Å². The molecule has 1 heterocycles. The summed E-state index contributed by atoms with van der Waals surface area (Å²) in [7, 11) is 0. The van der Waals surface area contributed by atoms with Gasteiger partial charge in [-0.3, -0.25) is 4.79 Å². The summed E-state index contributed by atoms with van der Waals surface area (Å²) in [6.45, 7) is 2.11. The largest absolute Gasteiger partial charge is 0.485 e. The molecule has 16 heavy (non-hydrogen) atoms. The molecular formula is C12H11NO3. The molecule has 0 N–H and O–H groups in total. The summed E-state index contributed by atoms with van der Waals surface area (Å²) in [6.07, 6.45) is 0.765. The van der Waals surface area contributed by atoms with Crippen LogP contribution < -0.4 is 4.74 Å². The van der Waals surface area contributed by atoms with Gasteiger partial charge in [0, 0.05) is 6.07 Å². The molecule has 0 aliphatic carbocycles. The second-order valence-electron chi connectivity index (χ2n) is 3.38. The van der Waals surface area contributed by atoms with Crippen molar-refractivity contribution in [2.75, 3.05) is 0 Å². The number of para-hydroxylation sites is 1. The number of nitrogens with zero attached hydrogens (tertiary/aromatic N) is 1. The summed E-state index contributed by atoms with van der Waals surface area (Å²) in [6, 6.07) is 8.84. The van der Waals surface area contributed by atoms with Gasteiger partial charge < -0.3 is 9.26 Å². The summed E-state index contributed by atoms with van der Waals surface area (Å²) in [5, 5.41) is 3.75. The molecule has 0 aliphatic rings. The van der Waals surface area contributed by atoms with Gasteiger partial charge in [-0.1, -0.05) is 17.3 Å². The van der Waals surface area contributed by atoms with Crippen molar-refractivity contribution in [3.63, 3.8) is 0 Å². The highest BCUT2D eigenvalue weighted by molar-refractivity contribution is 5.79. The van der Waals surface area contributed by atoms with Crippen LogP contribution in [0, 0.1) is 6.92 Å². The minimum Gasteiger partial charge on any atom is -0.485 e. The van der Waals surface area contributed by atoms with Gasteiger partial charge in [0.05, 0.1) is 11.3 Å². The van der Waals surface area contributed by atoms with Crippen LogP contribution in [0.3, 0.4) is 0 Å². The molecule has 82 valence electrons. The van der Waals surface area contributed by atoms with Crippen LogP contribution in [0.2, 0.25) is 0 Å². The molecule has 0 unspecified atom stereocenters. The van der Waals surface area contributed by atoms with E-state index in [1.165, 1.54) is 0 Å². The molecule has 0 amide bonds. The molecule has 0 saturated heterocycles. The molecular weight excluding hydrogens is 206 g/mol. The second-order valence-corrected chi connectivity index (χ2v) is 3.38. The second kappa shape index (κ2) is 4.61. The highest BCUT2D eigenvalue weighted by atomic mass is 16.5. The van der Waals surface area contributed by atoms with Gasteiger partial charge in [0.1, 0.15) is 12.4 Å². The van der Waals surface area contributed by atoms with Gasteiger partial charge in [-0.15, -0.1) is 0 Å². The van der Waals surface area contributed by atoms with Gasteiger partial charge in [0.25, 0.3) is 0 Å². The van der Waals surface area contributed by atoms with Crippen LogP contribution in [0.5, 0.6) is 5.75 Å². The van der Waals surface area contributed by atoms with Crippen molar-refractivity contribution < 1.29 is 14.1 Å². The van der Waals surface area contributed by atoms with E-state index in [-0.39, 0.29) is 6.61 Å². The normalized spacial score (nSPS) is 10.1. The van der Waals surface area contributed by atoms with Crippen molar-refractivity contribution in [2.24, 2.45) is 0 Å². The summed E-state index contributed by atoms with van der Waals surface area (Å²) in [4.78, 5) is 10.7. The summed E-state index contributed by atoms with van der Waals surface area (Å²) in [5.41, 5.74) is 1.33. The fourth-order valence-electron chi connectivity index (χ4n) is 1.34. The molecule has 4 heteroatoms. The number of carbonyl (C=O) groups excluding carboxylic acids is 1. The number of rotatable bonds is 4. The molecule has 1 aromatic heterocycles. The maximum Gasteiger partial charge on any atom is 0.174 e. The third-order valence-corrected chi connectivity index (χ3v) is 2.09. The Balaban J connectivity index is 2.07. The highest BCUT2D eigenvalue weighted by Crippen LogP contribution is 2.17. The molecule has 0 saturated carbocycles. The average Bonchev–Trinajstić information content (AvgIpc) is 2.73. The Morgan fingerprint density at radius 3 is 2.94 bits per heavy atom. The van der Waals surface area contributed by atoms with E-state index < -0.39 is 0 Å². The number of aromatic nitrogens is 1. The first-order valence-corrected chi connectivity index (χ1v) is 4.89. The molecule has 0 atom stereocenters. The lowest BCUT2D eigenvalue weighted by Gasteiger charge is -2.05. The minimum absolute atomic E-state index is 0.270. The predicted octanol–water partition coefficient (Wildman–Crippen LogP) is 2.37. The van der Waals surface area contributed by atoms with Crippen molar-refractivity contribution in [2.45, 2.75) is 13.5 Å². The van der Waals surface area contributed by atoms with Gasteiger partial charge in [0.2, 0.25) is 0 Å². The lowest BCUT2D eigenvalue weighted by atomic mass is 10.2. The van der Waals surface area contributed by atoms with Gasteiger partial charge in [0.15, 0.2) is 12.0 Å². The van der Waals surface area contributed by atoms with Gasteiger partial charge >= 0.3 is 0 Å². The molecule has 2 rings (SSSR count). The Morgan fingerprint density at radius 1 is 1.44 bits per heavy atom. The van der Waals surface area contributed by atoms with Crippen LogP contribution in [0.25, 0.3) is 0 Å². The number of aldehydes is 1. The van der Waals surface area contributed by atoms with E-state index >= 15 is 0 Å². The molecule has 0 fully saturated rings.